The van der Waals surface area contributed by atoms with Crippen molar-refractivity contribution in [1.82, 2.24) is 4.40 Å². The molecular formula is C22H16FN3O2. The Balaban J connectivity index is 1.84. The number of nitrogens with zero attached hydrogens (tertiary/aromatic N) is 1. The number of carbonyl (C=O) groups excluding carboxylic acids is 2. The number of nitrogen functional groups attached to an aromatic ring is 1. The number of benzene rings is 2. The second-order valence-corrected chi connectivity index (χ2v) is 6.22. The van der Waals surface area contributed by atoms with Gasteiger partial charge in [-0.3, -0.25) is 9.59 Å². The number of anilines is 2. The Bertz CT molecular complexity index is 1200. The lowest BCUT2D eigenvalue weighted by atomic mass is 10.1. The third kappa shape index (κ3) is 2.91. The molecule has 4 rings (SSSR count). The summed E-state index contributed by atoms with van der Waals surface area (Å²) in [4.78, 5) is 25.9. The van der Waals surface area contributed by atoms with Crippen LogP contribution in [0.1, 0.15) is 26.4 Å². The molecule has 0 bridgehead atoms. The van der Waals surface area contributed by atoms with Gasteiger partial charge in [0.25, 0.3) is 5.91 Å². The van der Waals surface area contributed by atoms with E-state index in [1.807, 2.05) is 6.07 Å². The van der Waals surface area contributed by atoms with Crippen molar-refractivity contribution in [3.05, 3.63) is 102 Å². The van der Waals surface area contributed by atoms with E-state index in [2.05, 4.69) is 5.32 Å². The van der Waals surface area contributed by atoms with E-state index in [0.717, 1.165) is 0 Å². The standard InChI is InChI=1S/C22H16FN3O2/c23-15-10-4-5-11-16(15)25-22(28)18-17-12-6-7-13-26(17)20(19(18)24)21(27)14-8-2-1-3-9-14/h1-13H,24H2,(H,25,28). The second kappa shape index (κ2) is 7.00. The lowest BCUT2D eigenvalue weighted by Gasteiger charge is -2.06. The van der Waals surface area contributed by atoms with Gasteiger partial charge in [0.2, 0.25) is 5.78 Å². The maximum atomic E-state index is 13.9. The molecule has 0 saturated heterocycles. The average Bonchev–Trinajstić information content (AvgIpc) is 3.01. The van der Waals surface area contributed by atoms with Gasteiger partial charge in [-0.1, -0.05) is 48.5 Å². The summed E-state index contributed by atoms with van der Waals surface area (Å²) in [6.45, 7) is 0. The van der Waals surface area contributed by atoms with Crippen molar-refractivity contribution in [2.24, 2.45) is 0 Å². The third-order valence-corrected chi connectivity index (χ3v) is 4.48. The minimum atomic E-state index is -0.585. The summed E-state index contributed by atoms with van der Waals surface area (Å²) in [6, 6.07) is 19.7. The molecule has 138 valence electrons. The normalized spacial score (nSPS) is 10.8. The highest BCUT2D eigenvalue weighted by atomic mass is 19.1. The first-order valence-corrected chi connectivity index (χ1v) is 8.62. The monoisotopic (exact) mass is 373 g/mol. The predicted molar refractivity (Wildman–Crippen MR) is 106 cm³/mol. The molecule has 0 radical (unpaired) electrons. The predicted octanol–water partition coefficient (Wildman–Crippen LogP) is 4.14. The molecule has 1 amide bonds. The molecule has 2 aromatic heterocycles. The molecule has 0 saturated carbocycles. The average molecular weight is 373 g/mol. The zero-order valence-corrected chi connectivity index (χ0v) is 14.7. The van der Waals surface area contributed by atoms with Gasteiger partial charge in [-0.2, -0.15) is 0 Å². The fraction of sp³-hybridized carbons (Fsp3) is 0. The molecule has 0 aliphatic carbocycles. The maximum absolute atomic E-state index is 13.9. The van der Waals surface area contributed by atoms with Crippen molar-refractivity contribution in [2.45, 2.75) is 0 Å². The molecule has 0 fully saturated rings. The molecule has 3 N–H and O–H groups in total. The first-order valence-electron chi connectivity index (χ1n) is 8.62. The largest absolute Gasteiger partial charge is 0.396 e. The van der Waals surface area contributed by atoms with E-state index in [0.29, 0.717) is 11.1 Å². The summed E-state index contributed by atoms with van der Waals surface area (Å²) in [7, 11) is 0. The molecule has 5 nitrogen and oxygen atoms in total. The number of carbonyl (C=O) groups is 2. The Hall–Kier alpha value is -3.93. The van der Waals surface area contributed by atoms with E-state index in [4.69, 9.17) is 5.73 Å². The molecule has 0 spiro atoms. The number of nitrogens with one attached hydrogen (secondary N) is 1. The summed E-state index contributed by atoms with van der Waals surface area (Å²) in [5.41, 5.74) is 7.59. The van der Waals surface area contributed by atoms with Gasteiger partial charge in [-0.05, 0) is 24.3 Å². The van der Waals surface area contributed by atoms with E-state index < -0.39 is 11.7 Å². The van der Waals surface area contributed by atoms with E-state index >= 15 is 0 Å². The Morgan fingerprint density at radius 1 is 0.893 bits per heavy atom. The lowest BCUT2D eigenvalue weighted by molar-refractivity contribution is 0.102. The number of amides is 1. The molecule has 2 heterocycles. The first-order chi connectivity index (χ1) is 13.6. The number of halogens is 1. The molecule has 2 aromatic carbocycles. The van der Waals surface area contributed by atoms with Crippen molar-refractivity contribution in [3.8, 4) is 0 Å². The minimum absolute atomic E-state index is 0.0399. The maximum Gasteiger partial charge on any atom is 0.260 e. The van der Waals surface area contributed by atoms with E-state index in [1.165, 1.54) is 18.2 Å². The van der Waals surface area contributed by atoms with Gasteiger partial charge in [0.05, 0.1) is 22.5 Å². The van der Waals surface area contributed by atoms with Crippen LogP contribution in [0.2, 0.25) is 0 Å². The number of hydrogen-bond donors (Lipinski definition) is 2. The molecule has 0 aliphatic rings. The number of fused-ring (bicyclic) bond motifs is 1. The highest BCUT2D eigenvalue weighted by molar-refractivity contribution is 6.20. The van der Waals surface area contributed by atoms with Crippen molar-refractivity contribution in [3.63, 3.8) is 0 Å². The van der Waals surface area contributed by atoms with Gasteiger partial charge < -0.3 is 15.5 Å². The van der Waals surface area contributed by atoms with Crippen LogP contribution in [0.5, 0.6) is 0 Å². The zero-order valence-electron chi connectivity index (χ0n) is 14.7. The van der Waals surface area contributed by atoms with Crippen molar-refractivity contribution < 1.29 is 14.0 Å². The van der Waals surface area contributed by atoms with Crippen LogP contribution < -0.4 is 11.1 Å². The number of aromatic nitrogens is 1. The van der Waals surface area contributed by atoms with E-state index in [1.54, 1.807) is 59.1 Å². The molecule has 0 aliphatic heterocycles. The number of nitrogens with two attached hydrogens (primary N) is 1. The smallest absolute Gasteiger partial charge is 0.260 e. The fourth-order valence-electron chi connectivity index (χ4n) is 3.17. The summed E-state index contributed by atoms with van der Waals surface area (Å²) in [6.07, 6.45) is 1.67. The quantitative estimate of drug-likeness (QED) is 0.528. The molecular weight excluding hydrogens is 357 g/mol. The Kier molecular flexibility index (Phi) is 4.37. The fourth-order valence-corrected chi connectivity index (χ4v) is 3.17. The lowest BCUT2D eigenvalue weighted by Crippen LogP contribution is -2.15. The minimum Gasteiger partial charge on any atom is -0.396 e. The molecule has 0 unspecified atom stereocenters. The van der Waals surface area contributed by atoms with Crippen LogP contribution in [0.15, 0.2) is 79.0 Å². The van der Waals surface area contributed by atoms with Crippen LogP contribution in [0.4, 0.5) is 15.8 Å². The van der Waals surface area contributed by atoms with Gasteiger partial charge in [-0.25, -0.2) is 4.39 Å². The number of para-hydroxylation sites is 1. The van der Waals surface area contributed by atoms with Crippen LogP contribution in [-0.4, -0.2) is 16.1 Å². The molecule has 6 heteroatoms. The molecule has 4 aromatic rings. The Labute approximate surface area is 160 Å². The van der Waals surface area contributed by atoms with E-state index in [-0.39, 0.29) is 28.4 Å². The molecule has 0 atom stereocenters. The van der Waals surface area contributed by atoms with Crippen molar-refractivity contribution >= 4 is 28.6 Å². The highest BCUT2D eigenvalue weighted by Crippen LogP contribution is 2.29. The summed E-state index contributed by atoms with van der Waals surface area (Å²) in [5, 5.41) is 2.53. The van der Waals surface area contributed by atoms with Crippen molar-refractivity contribution in [1.29, 1.82) is 0 Å². The SMILES string of the molecule is Nc1c(C(=O)Nc2ccccc2F)c2ccccn2c1C(=O)c1ccccc1. The van der Waals surface area contributed by atoms with Gasteiger partial charge >= 0.3 is 0 Å². The number of ketones is 1. The van der Waals surface area contributed by atoms with Crippen LogP contribution in [0.3, 0.4) is 0 Å². The van der Waals surface area contributed by atoms with E-state index in [9.17, 15) is 14.0 Å². The van der Waals surface area contributed by atoms with Gasteiger partial charge in [0, 0.05) is 11.8 Å². The van der Waals surface area contributed by atoms with Crippen molar-refractivity contribution in [2.75, 3.05) is 11.1 Å². The first kappa shape index (κ1) is 17.5. The molecule has 28 heavy (non-hydrogen) atoms. The van der Waals surface area contributed by atoms with Crippen LogP contribution in [-0.2, 0) is 0 Å². The van der Waals surface area contributed by atoms with Gasteiger partial charge in [0.15, 0.2) is 0 Å². The third-order valence-electron chi connectivity index (χ3n) is 4.48. The Morgan fingerprint density at radius 3 is 2.32 bits per heavy atom. The topological polar surface area (TPSA) is 76.6 Å². The summed E-state index contributed by atoms with van der Waals surface area (Å²) >= 11 is 0. The number of rotatable bonds is 4. The van der Waals surface area contributed by atoms with Gasteiger partial charge in [-0.15, -0.1) is 0 Å². The van der Waals surface area contributed by atoms with Crippen LogP contribution in [0, 0.1) is 5.82 Å². The number of hydrogen-bond acceptors (Lipinski definition) is 3. The number of pyridine rings is 1. The Morgan fingerprint density at radius 2 is 1.57 bits per heavy atom. The van der Waals surface area contributed by atoms with Crippen LogP contribution >= 0.6 is 0 Å². The van der Waals surface area contributed by atoms with Crippen LogP contribution in [0.25, 0.3) is 5.52 Å². The summed E-state index contributed by atoms with van der Waals surface area (Å²) < 4.78 is 15.5. The zero-order chi connectivity index (χ0) is 19.7. The van der Waals surface area contributed by atoms with Gasteiger partial charge in [0.1, 0.15) is 11.5 Å². The second-order valence-electron chi connectivity index (χ2n) is 6.22. The summed E-state index contributed by atoms with van der Waals surface area (Å²) in [5.74, 6) is -1.44. The highest BCUT2D eigenvalue weighted by Gasteiger charge is 2.26.